The summed E-state index contributed by atoms with van der Waals surface area (Å²) in [5, 5.41) is 14.0. The zero-order chi connectivity index (χ0) is 20.4. The molecule has 6 nitrogen and oxygen atoms in total. The molecule has 2 heterocycles. The zero-order valence-electron chi connectivity index (χ0n) is 17.3. The van der Waals surface area contributed by atoms with Gasteiger partial charge in [-0.1, -0.05) is 43.8 Å². The van der Waals surface area contributed by atoms with Gasteiger partial charge in [-0.05, 0) is 44.6 Å². The first-order valence-corrected chi connectivity index (χ1v) is 11.4. The fourth-order valence-electron chi connectivity index (χ4n) is 3.58. The maximum Gasteiger partial charge on any atom is 0.230 e. The number of carbonyl (C=O) groups is 1. The number of thioether (sulfide) groups is 1. The molecule has 2 aromatic heterocycles. The maximum atomic E-state index is 12.4. The van der Waals surface area contributed by atoms with Gasteiger partial charge in [-0.3, -0.25) is 9.36 Å². The fraction of sp³-hybridized carbons (Fsp3) is 0.500. The highest BCUT2D eigenvalue weighted by atomic mass is 32.2. The lowest BCUT2D eigenvalue weighted by Crippen LogP contribution is -2.34. The molecule has 4 rings (SSSR count). The Morgan fingerprint density at radius 2 is 2.03 bits per heavy atom. The molecule has 29 heavy (non-hydrogen) atoms. The van der Waals surface area contributed by atoms with E-state index in [1.807, 2.05) is 18.3 Å². The van der Waals surface area contributed by atoms with E-state index < -0.39 is 0 Å². The third-order valence-corrected chi connectivity index (χ3v) is 6.27. The number of amides is 1. The van der Waals surface area contributed by atoms with Crippen LogP contribution in [0.25, 0.3) is 22.3 Å². The molecule has 1 aliphatic rings. The molecular formula is C22H29N5OS. The van der Waals surface area contributed by atoms with Crippen molar-refractivity contribution in [1.82, 2.24) is 25.1 Å². The molecule has 0 bridgehead atoms. The first kappa shape index (κ1) is 20.0. The normalized spacial score (nSPS) is 15.2. The SMILES string of the molecule is CC(C)CCC(C)NC(=O)CSc1nnc(-c2c[nH]c3ccccc23)n1C1CC1. The van der Waals surface area contributed by atoms with Gasteiger partial charge >= 0.3 is 0 Å². The van der Waals surface area contributed by atoms with Crippen LogP contribution in [0.2, 0.25) is 0 Å². The predicted molar refractivity (Wildman–Crippen MR) is 118 cm³/mol. The van der Waals surface area contributed by atoms with Gasteiger partial charge in [-0.15, -0.1) is 10.2 Å². The number of H-pyrrole nitrogens is 1. The molecule has 1 unspecified atom stereocenters. The lowest BCUT2D eigenvalue weighted by atomic mass is 10.0. The second-order valence-electron chi connectivity index (χ2n) is 8.38. The Balaban J connectivity index is 1.46. The molecule has 1 fully saturated rings. The average molecular weight is 412 g/mol. The molecule has 1 aliphatic carbocycles. The lowest BCUT2D eigenvalue weighted by molar-refractivity contribution is -0.119. The topological polar surface area (TPSA) is 75.6 Å². The van der Waals surface area contributed by atoms with Crippen LogP contribution < -0.4 is 5.32 Å². The summed E-state index contributed by atoms with van der Waals surface area (Å²) in [6.45, 7) is 6.49. The minimum absolute atomic E-state index is 0.0604. The van der Waals surface area contributed by atoms with Crippen LogP contribution in [0.1, 0.15) is 52.5 Å². The third-order valence-electron chi connectivity index (χ3n) is 5.32. The molecule has 1 amide bonds. The van der Waals surface area contributed by atoms with Gasteiger partial charge < -0.3 is 10.3 Å². The summed E-state index contributed by atoms with van der Waals surface area (Å²) in [6, 6.07) is 8.87. The van der Waals surface area contributed by atoms with Gasteiger partial charge in [0.25, 0.3) is 0 Å². The summed E-state index contributed by atoms with van der Waals surface area (Å²) in [5.41, 5.74) is 2.16. The van der Waals surface area contributed by atoms with Gasteiger partial charge in [0.05, 0.1) is 5.75 Å². The Hall–Kier alpha value is -2.28. The van der Waals surface area contributed by atoms with Crippen molar-refractivity contribution in [1.29, 1.82) is 0 Å². The van der Waals surface area contributed by atoms with Gasteiger partial charge in [0, 0.05) is 34.7 Å². The number of aromatic amines is 1. The highest BCUT2D eigenvalue weighted by molar-refractivity contribution is 7.99. The lowest BCUT2D eigenvalue weighted by Gasteiger charge is -2.15. The first-order chi connectivity index (χ1) is 14.0. The van der Waals surface area contributed by atoms with E-state index in [-0.39, 0.29) is 11.9 Å². The van der Waals surface area contributed by atoms with Crippen LogP contribution in [0.15, 0.2) is 35.6 Å². The molecule has 1 saturated carbocycles. The number of fused-ring (bicyclic) bond motifs is 1. The number of para-hydroxylation sites is 1. The third kappa shape index (κ3) is 4.66. The minimum Gasteiger partial charge on any atom is -0.360 e. The van der Waals surface area contributed by atoms with E-state index in [4.69, 9.17) is 0 Å². The van der Waals surface area contributed by atoms with Crippen molar-refractivity contribution in [3.05, 3.63) is 30.5 Å². The van der Waals surface area contributed by atoms with Crippen molar-refractivity contribution in [3.63, 3.8) is 0 Å². The van der Waals surface area contributed by atoms with Gasteiger partial charge in [0.15, 0.2) is 11.0 Å². The quantitative estimate of drug-likeness (QED) is 0.496. The Kier molecular flexibility index (Phi) is 5.94. The smallest absolute Gasteiger partial charge is 0.230 e. The first-order valence-electron chi connectivity index (χ1n) is 10.5. The summed E-state index contributed by atoms with van der Waals surface area (Å²) in [5.74, 6) is 1.97. The van der Waals surface area contributed by atoms with Crippen LogP contribution in [0.4, 0.5) is 0 Å². The zero-order valence-corrected chi connectivity index (χ0v) is 18.1. The van der Waals surface area contributed by atoms with Crippen molar-refractivity contribution in [2.45, 2.75) is 63.7 Å². The molecular weight excluding hydrogens is 382 g/mol. The molecule has 1 atom stereocenters. The molecule has 1 aromatic carbocycles. The summed E-state index contributed by atoms with van der Waals surface area (Å²) < 4.78 is 2.22. The van der Waals surface area contributed by atoms with Crippen molar-refractivity contribution in [2.75, 3.05) is 5.75 Å². The van der Waals surface area contributed by atoms with E-state index in [0.29, 0.717) is 17.7 Å². The summed E-state index contributed by atoms with van der Waals surface area (Å²) in [6.07, 6.45) is 6.42. The maximum absolute atomic E-state index is 12.4. The van der Waals surface area contributed by atoms with Crippen LogP contribution in [-0.2, 0) is 4.79 Å². The number of aromatic nitrogens is 4. The van der Waals surface area contributed by atoms with Gasteiger partial charge in [-0.2, -0.15) is 0 Å². The van der Waals surface area contributed by atoms with Crippen LogP contribution >= 0.6 is 11.8 Å². The van der Waals surface area contributed by atoms with Gasteiger partial charge in [-0.25, -0.2) is 0 Å². The number of hydrogen-bond acceptors (Lipinski definition) is 4. The van der Waals surface area contributed by atoms with E-state index in [1.54, 1.807) is 0 Å². The Morgan fingerprint density at radius 3 is 2.79 bits per heavy atom. The number of nitrogens with zero attached hydrogens (tertiary/aromatic N) is 3. The van der Waals surface area contributed by atoms with Crippen molar-refractivity contribution >= 4 is 28.6 Å². The van der Waals surface area contributed by atoms with E-state index in [0.717, 1.165) is 53.1 Å². The number of hydrogen-bond donors (Lipinski definition) is 2. The van der Waals surface area contributed by atoms with E-state index >= 15 is 0 Å². The molecule has 0 saturated heterocycles. The number of rotatable bonds is 9. The summed E-state index contributed by atoms with van der Waals surface area (Å²) in [4.78, 5) is 15.7. The highest BCUT2D eigenvalue weighted by Gasteiger charge is 2.31. The molecule has 154 valence electrons. The van der Waals surface area contributed by atoms with Crippen LogP contribution in [-0.4, -0.2) is 37.5 Å². The highest BCUT2D eigenvalue weighted by Crippen LogP contribution is 2.42. The van der Waals surface area contributed by atoms with Gasteiger partial charge in [0.2, 0.25) is 5.91 Å². The molecule has 0 aliphatic heterocycles. The Bertz CT molecular complexity index is 988. The Morgan fingerprint density at radius 1 is 1.24 bits per heavy atom. The monoisotopic (exact) mass is 411 g/mol. The molecule has 0 radical (unpaired) electrons. The van der Waals surface area contributed by atoms with Crippen LogP contribution in [0.5, 0.6) is 0 Å². The van der Waals surface area contributed by atoms with Crippen LogP contribution in [0, 0.1) is 5.92 Å². The van der Waals surface area contributed by atoms with Crippen molar-refractivity contribution in [2.24, 2.45) is 5.92 Å². The molecule has 2 N–H and O–H groups in total. The predicted octanol–water partition coefficient (Wildman–Crippen LogP) is 4.79. The standard InChI is InChI=1S/C22H29N5OS/c1-14(2)8-9-15(3)24-20(28)13-29-22-26-25-21(27(22)16-10-11-16)18-12-23-19-7-5-4-6-17(18)19/h4-7,12,14-16,23H,8-11,13H2,1-3H3,(H,24,28). The second kappa shape index (κ2) is 8.61. The van der Waals surface area contributed by atoms with E-state index in [2.05, 4.69) is 58.0 Å². The Labute approximate surface area is 175 Å². The fourth-order valence-corrected chi connectivity index (χ4v) is 4.40. The van der Waals surface area contributed by atoms with E-state index in [9.17, 15) is 4.79 Å². The molecule has 7 heteroatoms. The summed E-state index contributed by atoms with van der Waals surface area (Å²) >= 11 is 1.48. The second-order valence-corrected chi connectivity index (χ2v) is 9.33. The number of benzene rings is 1. The van der Waals surface area contributed by atoms with Crippen molar-refractivity contribution < 1.29 is 4.79 Å². The largest absolute Gasteiger partial charge is 0.360 e. The van der Waals surface area contributed by atoms with Crippen molar-refractivity contribution in [3.8, 4) is 11.4 Å². The number of carbonyl (C=O) groups excluding carboxylic acids is 1. The average Bonchev–Trinajstić information content (AvgIpc) is 3.31. The van der Waals surface area contributed by atoms with Gasteiger partial charge in [0.1, 0.15) is 0 Å². The van der Waals surface area contributed by atoms with E-state index in [1.165, 1.54) is 11.8 Å². The minimum atomic E-state index is 0.0604. The summed E-state index contributed by atoms with van der Waals surface area (Å²) in [7, 11) is 0. The molecule has 0 spiro atoms. The van der Waals surface area contributed by atoms with Crippen LogP contribution in [0.3, 0.4) is 0 Å². The molecule has 3 aromatic rings. The number of nitrogens with one attached hydrogen (secondary N) is 2.